The van der Waals surface area contributed by atoms with E-state index < -0.39 is 0 Å². The van der Waals surface area contributed by atoms with Crippen molar-refractivity contribution in [3.05, 3.63) is 36.4 Å². The molecular formula is C18H21N3O5. The third-order valence-electron chi connectivity index (χ3n) is 3.64. The van der Waals surface area contributed by atoms with E-state index in [-0.39, 0.29) is 12.8 Å². The number of rotatable bonds is 7. The number of aliphatic imine (C=N–C) groups is 1. The second-order valence-electron chi connectivity index (χ2n) is 5.33. The Kier molecular flexibility index (Phi) is 5.52. The summed E-state index contributed by atoms with van der Waals surface area (Å²) in [6, 6.07) is 10.8. The molecule has 2 aromatic carbocycles. The van der Waals surface area contributed by atoms with Gasteiger partial charge in [-0.3, -0.25) is 0 Å². The van der Waals surface area contributed by atoms with Crippen LogP contribution >= 0.6 is 0 Å². The smallest absolute Gasteiger partial charge is 0.231 e. The molecular weight excluding hydrogens is 338 g/mol. The lowest BCUT2D eigenvalue weighted by molar-refractivity contribution is 0.174. The van der Waals surface area contributed by atoms with Gasteiger partial charge in [0.2, 0.25) is 6.79 Å². The van der Waals surface area contributed by atoms with Gasteiger partial charge in [-0.1, -0.05) is 0 Å². The molecule has 8 heteroatoms. The molecule has 8 nitrogen and oxygen atoms in total. The molecule has 0 unspecified atom stereocenters. The zero-order chi connectivity index (χ0) is 18.4. The van der Waals surface area contributed by atoms with Gasteiger partial charge in [0, 0.05) is 17.8 Å². The lowest BCUT2D eigenvalue weighted by Crippen LogP contribution is -2.23. The third-order valence-corrected chi connectivity index (χ3v) is 3.64. The molecule has 1 aliphatic heterocycles. The molecule has 2 aromatic rings. The number of benzene rings is 2. The van der Waals surface area contributed by atoms with Crippen LogP contribution < -0.4 is 34.7 Å². The predicted molar refractivity (Wildman–Crippen MR) is 97.7 cm³/mol. The molecule has 0 atom stereocenters. The summed E-state index contributed by atoms with van der Waals surface area (Å²) in [4.78, 5) is 4.24. The highest BCUT2D eigenvalue weighted by Crippen LogP contribution is 2.35. The maximum atomic E-state index is 5.90. The second kappa shape index (κ2) is 8.19. The van der Waals surface area contributed by atoms with Gasteiger partial charge in [-0.15, -0.1) is 0 Å². The van der Waals surface area contributed by atoms with E-state index >= 15 is 0 Å². The summed E-state index contributed by atoms with van der Waals surface area (Å²) in [5, 5.41) is 3.00. The van der Waals surface area contributed by atoms with Gasteiger partial charge in [-0.05, 0) is 24.3 Å². The molecule has 0 aliphatic carbocycles. The van der Waals surface area contributed by atoms with Crippen LogP contribution in [0.25, 0.3) is 0 Å². The molecule has 0 bridgehead atoms. The summed E-state index contributed by atoms with van der Waals surface area (Å²) < 4.78 is 26.7. The normalized spacial score (nSPS) is 12.6. The van der Waals surface area contributed by atoms with Crippen molar-refractivity contribution in [3.8, 4) is 28.7 Å². The minimum atomic E-state index is 0.238. The Morgan fingerprint density at radius 3 is 2.69 bits per heavy atom. The van der Waals surface area contributed by atoms with Crippen molar-refractivity contribution in [3.63, 3.8) is 0 Å². The molecule has 0 radical (unpaired) electrons. The number of hydrogen-bond acceptors (Lipinski definition) is 6. The quantitative estimate of drug-likeness (QED) is 0.444. The topological polar surface area (TPSA) is 96.6 Å². The highest BCUT2D eigenvalue weighted by molar-refractivity contribution is 5.92. The number of nitrogens with one attached hydrogen (secondary N) is 1. The minimum Gasteiger partial charge on any atom is -0.493 e. The van der Waals surface area contributed by atoms with Crippen molar-refractivity contribution in [2.24, 2.45) is 10.7 Å². The van der Waals surface area contributed by atoms with Gasteiger partial charge < -0.3 is 34.7 Å². The summed E-state index contributed by atoms with van der Waals surface area (Å²) >= 11 is 0. The highest BCUT2D eigenvalue weighted by atomic mass is 16.7. The summed E-state index contributed by atoms with van der Waals surface area (Å²) in [6.07, 6.45) is 0. The number of nitrogens with zero attached hydrogens (tertiary/aromatic N) is 1. The molecule has 3 rings (SSSR count). The summed E-state index contributed by atoms with van der Waals surface area (Å²) in [6.45, 7) is 1.02. The van der Waals surface area contributed by atoms with Gasteiger partial charge in [-0.2, -0.15) is 0 Å². The van der Waals surface area contributed by atoms with Gasteiger partial charge >= 0.3 is 0 Å². The number of fused-ring (bicyclic) bond motifs is 1. The number of hydrogen-bond donors (Lipinski definition) is 2. The first-order valence-corrected chi connectivity index (χ1v) is 8.01. The molecule has 0 saturated heterocycles. The number of guanidine groups is 1. The van der Waals surface area contributed by atoms with E-state index in [1.165, 1.54) is 0 Å². The largest absolute Gasteiger partial charge is 0.493 e. The fourth-order valence-electron chi connectivity index (χ4n) is 2.40. The Balaban J connectivity index is 1.49. The molecule has 0 spiro atoms. The first kappa shape index (κ1) is 17.5. The zero-order valence-electron chi connectivity index (χ0n) is 14.7. The number of ether oxygens (including phenoxy) is 5. The Bertz CT molecular complexity index is 794. The van der Waals surface area contributed by atoms with Gasteiger partial charge in [0.15, 0.2) is 29.0 Å². The maximum Gasteiger partial charge on any atom is 0.231 e. The summed E-state index contributed by atoms with van der Waals surface area (Å²) in [5.74, 6) is 3.63. The van der Waals surface area contributed by atoms with Gasteiger partial charge in [0.25, 0.3) is 0 Å². The lowest BCUT2D eigenvalue weighted by Gasteiger charge is -2.11. The molecule has 0 amide bonds. The van der Waals surface area contributed by atoms with Crippen LogP contribution in [0.4, 0.5) is 5.69 Å². The van der Waals surface area contributed by atoms with Crippen LogP contribution in [-0.2, 0) is 0 Å². The molecule has 1 heterocycles. The fourth-order valence-corrected chi connectivity index (χ4v) is 2.40. The number of nitrogens with two attached hydrogens (primary N) is 1. The monoisotopic (exact) mass is 359 g/mol. The van der Waals surface area contributed by atoms with Crippen LogP contribution in [0.2, 0.25) is 0 Å². The molecule has 138 valence electrons. The predicted octanol–water partition coefficient (Wildman–Crippen LogP) is 2.24. The third kappa shape index (κ3) is 4.21. The van der Waals surface area contributed by atoms with E-state index in [1.807, 2.05) is 18.2 Å². The van der Waals surface area contributed by atoms with Crippen LogP contribution in [0.3, 0.4) is 0 Å². The van der Waals surface area contributed by atoms with E-state index in [2.05, 4.69) is 10.3 Å². The van der Waals surface area contributed by atoms with Crippen LogP contribution in [0, 0.1) is 0 Å². The fraction of sp³-hybridized carbons (Fsp3) is 0.278. The van der Waals surface area contributed by atoms with Gasteiger partial charge in [0.1, 0.15) is 12.4 Å². The first-order chi connectivity index (χ1) is 12.7. The van der Waals surface area contributed by atoms with Gasteiger partial charge in [0.05, 0.1) is 20.8 Å². The van der Waals surface area contributed by atoms with Crippen LogP contribution in [0.5, 0.6) is 28.7 Å². The average molecular weight is 359 g/mol. The maximum absolute atomic E-state index is 5.90. The zero-order valence-corrected chi connectivity index (χ0v) is 14.7. The molecule has 0 fully saturated rings. The molecule has 26 heavy (non-hydrogen) atoms. The molecule has 0 aromatic heterocycles. The van der Waals surface area contributed by atoms with Crippen molar-refractivity contribution < 1.29 is 23.7 Å². The highest BCUT2D eigenvalue weighted by Gasteiger charge is 2.13. The molecule has 0 saturated carbocycles. The van der Waals surface area contributed by atoms with Crippen LogP contribution in [0.15, 0.2) is 41.4 Å². The van der Waals surface area contributed by atoms with Crippen LogP contribution in [0.1, 0.15) is 0 Å². The van der Waals surface area contributed by atoms with E-state index in [0.29, 0.717) is 36.1 Å². The van der Waals surface area contributed by atoms with Crippen molar-refractivity contribution in [1.82, 2.24) is 0 Å². The van der Waals surface area contributed by atoms with E-state index in [9.17, 15) is 0 Å². The minimum absolute atomic E-state index is 0.238. The standard InChI is InChI=1S/C18H21N3O5/c1-22-14-5-3-12(9-16(14)23-2)21-18(19)20-7-8-24-13-4-6-15-17(10-13)26-11-25-15/h3-6,9-10H,7-8,11H2,1-2H3,(H3,19,20,21). The van der Waals surface area contributed by atoms with E-state index in [0.717, 1.165) is 11.4 Å². The molecule has 3 N–H and O–H groups in total. The average Bonchev–Trinajstić information content (AvgIpc) is 3.13. The van der Waals surface area contributed by atoms with E-state index in [4.69, 9.17) is 29.4 Å². The Labute approximate surface area is 151 Å². The van der Waals surface area contributed by atoms with Gasteiger partial charge in [-0.25, -0.2) is 4.99 Å². The van der Waals surface area contributed by atoms with Crippen molar-refractivity contribution >= 4 is 11.6 Å². The van der Waals surface area contributed by atoms with Crippen molar-refractivity contribution in [2.45, 2.75) is 0 Å². The van der Waals surface area contributed by atoms with E-state index in [1.54, 1.807) is 32.4 Å². The summed E-state index contributed by atoms with van der Waals surface area (Å²) in [5.41, 5.74) is 6.65. The lowest BCUT2D eigenvalue weighted by atomic mass is 10.3. The molecule has 1 aliphatic rings. The van der Waals surface area contributed by atoms with Crippen LogP contribution in [-0.4, -0.2) is 40.1 Å². The Hall–Kier alpha value is -3.29. The Morgan fingerprint density at radius 1 is 1.08 bits per heavy atom. The Morgan fingerprint density at radius 2 is 1.88 bits per heavy atom. The second-order valence-corrected chi connectivity index (χ2v) is 5.33. The number of anilines is 1. The van der Waals surface area contributed by atoms with Crippen molar-refractivity contribution in [2.75, 3.05) is 39.5 Å². The SMILES string of the molecule is COc1ccc(NC(N)=NCCOc2ccc3c(c2)OCO3)cc1OC. The number of methoxy groups -OCH3 is 2. The summed E-state index contributed by atoms with van der Waals surface area (Å²) in [7, 11) is 3.16. The first-order valence-electron chi connectivity index (χ1n) is 8.01. The van der Waals surface area contributed by atoms with Crippen molar-refractivity contribution in [1.29, 1.82) is 0 Å².